The Labute approximate surface area is 135 Å². The molecule has 1 aliphatic carbocycles. The van der Waals surface area contributed by atoms with Crippen molar-refractivity contribution in [1.82, 2.24) is 10.2 Å². The average molecular weight is 302 g/mol. The van der Waals surface area contributed by atoms with Gasteiger partial charge in [-0.25, -0.2) is 0 Å². The van der Waals surface area contributed by atoms with Gasteiger partial charge in [0.2, 0.25) is 5.91 Å². The van der Waals surface area contributed by atoms with Crippen molar-refractivity contribution in [3.63, 3.8) is 0 Å². The van der Waals surface area contributed by atoms with Gasteiger partial charge in [-0.3, -0.25) is 4.79 Å². The molecule has 0 spiro atoms. The van der Waals surface area contributed by atoms with Crippen LogP contribution in [-0.4, -0.2) is 36.5 Å². The Hall–Kier alpha value is -1.35. The second-order valence-electron chi connectivity index (χ2n) is 6.47. The van der Waals surface area contributed by atoms with Crippen LogP contribution in [-0.2, 0) is 10.2 Å². The Kier molecular flexibility index (Phi) is 6.01. The van der Waals surface area contributed by atoms with E-state index in [0.717, 1.165) is 19.6 Å². The van der Waals surface area contributed by atoms with Crippen molar-refractivity contribution < 1.29 is 4.79 Å². The highest BCUT2D eigenvalue weighted by molar-refractivity contribution is 5.81. The largest absolute Gasteiger partial charge is 0.342 e. The highest BCUT2D eigenvalue weighted by atomic mass is 16.2. The van der Waals surface area contributed by atoms with Crippen LogP contribution in [0.5, 0.6) is 0 Å². The van der Waals surface area contributed by atoms with E-state index in [0.29, 0.717) is 0 Å². The number of amides is 1. The standard InChI is InChI=1S/C19H30N2O/c1-4-21(5-2)18(22)16(3)20-15-19(13-9-10-14-19)17-11-7-6-8-12-17/h6-8,11-12,16,20H,4-5,9-10,13-15H2,1-3H3. The minimum atomic E-state index is -0.110. The van der Waals surface area contributed by atoms with Crippen LogP contribution in [0.3, 0.4) is 0 Å². The summed E-state index contributed by atoms with van der Waals surface area (Å²) in [7, 11) is 0. The minimum absolute atomic E-state index is 0.110. The predicted molar refractivity (Wildman–Crippen MR) is 92.0 cm³/mol. The van der Waals surface area contributed by atoms with Crippen molar-refractivity contribution in [2.24, 2.45) is 0 Å². The van der Waals surface area contributed by atoms with Crippen molar-refractivity contribution in [3.05, 3.63) is 35.9 Å². The Balaban J connectivity index is 2.03. The number of likely N-dealkylation sites (N-methyl/N-ethyl adjacent to an activating group) is 1. The molecule has 1 aromatic rings. The molecule has 0 bridgehead atoms. The molecule has 0 heterocycles. The first-order valence-electron chi connectivity index (χ1n) is 8.70. The lowest BCUT2D eigenvalue weighted by Gasteiger charge is -2.32. The summed E-state index contributed by atoms with van der Waals surface area (Å²) < 4.78 is 0. The van der Waals surface area contributed by atoms with Crippen LogP contribution in [0.15, 0.2) is 30.3 Å². The van der Waals surface area contributed by atoms with E-state index in [-0.39, 0.29) is 17.4 Å². The Bertz CT molecular complexity index is 462. The van der Waals surface area contributed by atoms with E-state index < -0.39 is 0 Å². The SMILES string of the molecule is CCN(CC)C(=O)C(C)NCC1(c2ccccc2)CCCC1. The molecule has 3 nitrogen and oxygen atoms in total. The molecule has 1 atom stereocenters. The van der Waals surface area contributed by atoms with Crippen molar-refractivity contribution in [1.29, 1.82) is 0 Å². The zero-order chi connectivity index (χ0) is 16.0. The van der Waals surface area contributed by atoms with Gasteiger partial charge >= 0.3 is 0 Å². The third-order valence-corrected chi connectivity index (χ3v) is 5.14. The van der Waals surface area contributed by atoms with Gasteiger partial charge < -0.3 is 10.2 Å². The van der Waals surface area contributed by atoms with Crippen LogP contribution in [0.2, 0.25) is 0 Å². The smallest absolute Gasteiger partial charge is 0.239 e. The molecule has 1 amide bonds. The van der Waals surface area contributed by atoms with Crippen molar-refractivity contribution in [2.75, 3.05) is 19.6 Å². The van der Waals surface area contributed by atoms with Gasteiger partial charge in [0.15, 0.2) is 0 Å². The van der Waals surface area contributed by atoms with Gasteiger partial charge in [0.05, 0.1) is 6.04 Å². The maximum Gasteiger partial charge on any atom is 0.239 e. The molecule has 1 unspecified atom stereocenters. The molecular formula is C19H30N2O. The normalized spacial score (nSPS) is 18.1. The molecule has 3 heteroatoms. The summed E-state index contributed by atoms with van der Waals surface area (Å²) in [5.74, 6) is 0.214. The Morgan fingerprint density at radius 1 is 1.18 bits per heavy atom. The van der Waals surface area contributed by atoms with Crippen LogP contribution < -0.4 is 5.32 Å². The van der Waals surface area contributed by atoms with Crippen LogP contribution in [0.25, 0.3) is 0 Å². The number of hydrogen-bond donors (Lipinski definition) is 1. The summed E-state index contributed by atoms with van der Waals surface area (Å²) in [6.07, 6.45) is 5.01. The average Bonchev–Trinajstić information content (AvgIpc) is 3.04. The molecule has 1 aliphatic rings. The first kappa shape index (κ1) is 17.0. The molecule has 0 aromatic heterocycles. The summed E-state index contributed by atoms with van der Waals surface area (Å²) in [4.78, 5) is 14.3. The lowest BCUT2D eigenvalue weighted by atomic mass is 9.78. The summed E-state index contributed by atoms with van der Waals surface area (Å²) in [5.41, 5.74) is 1.63. The van der Waals surface area contributed by atoms with E-state index in [1.807, 2.05) is 25.7 Å². The van der Waals surface area contributed by atoms with Crippen molar-refractivity contribution in [3.8, 4) is 0 Å². The van der Waals surface area contributed by atoms with Gasteiger partial charge in [-0.05, 0) is 39.2 Å². The number of nitrogens with zero attached hydrogens (tertiary/aromatic N) is 1. The van der Waals surface area contributed by atoms with E-state index in [1.165, 1.54) is 31.2 Å². The van der Waals surface area contributed by atoms with Gasteiger partial charge in [0.1, 0.15) is 0 Å². The van der Waals surface area contributed by atoms with E-state index >= 15 is 0 Å². The summed E-state index contributed by atoms with van der Waals surface area (Å²) in [6, 6.07) is 10.7. The second-order valence-corrected chi connectivity index (χ2v) is 6.47. The van der Waals surface area contributed by atoms with Crippen molar-refractivity contribution >= 4 is 5.91 Å². The van der Waals surface area contributed by atoms with E-state index in [1.54, 1.807) is 0 Å². The molecular weight excluding hydrogens is 272 g/mol. The van der Waals surface area contributed by atoms with Crippen LogP contribution in [0.1, 0.15) is 52.0 Å². The Morgan fingerprint density at radius 3 is 2.32 bits per heavy atom. The quantitative estimate of drug-likeness (QED) is 0.838. The number of carbonyl (C=O) groups excluding carboxylic acids is 1. The second kappa shape index (κ2) is 7.77. The molecule has 0 radical (unpaired) electrons. The maximum absolute atomic E-state index is 12.4. The Morgan fingerprint density at radius 2 is 1.77 bits per heavy atom. The van der Waals surface area contributed by atoms with E-state index in [4.69, 9.17) is 0 Å². The van der Waals surface area contributed by atoms with Gasteiger partial charge in [-0.1, -0.05) is 43.2 Å². The maximum atomic E-state index is 12.4. The third kappa shape index (κ3) is 3.70. The van der Waals surface area contributed by atoms with Gasteiger partial charge in [-0.2, -0.15) is 0 Å². The highest BCUT2D eigenvalue weighted by Crippen LogP contribution is 2.40. The van der Waals surface area contributed by atoms with Gasteiger partial charge in [0.25, 0.3) is 0 Å². The molecule has 122 valence electrons. The number of benzene rings is 1. The first-order valence-corrected chi connectivity index (χ1v) is 8.70. The predicted octanol–water partition coefficient (Wildman–Crippen LogP) is 3.34. The zero-order valence-electron chi connectivity index (χ0n) is 14.3. The molecule has 22 heavy (non-hydrogen) atoms. The number of hydrogen-bond acceptors (Lipinski definition) is 2. The fourth-order valence-corrected chi connectivity index (χ4v) is 3.66. The number of nitrogens with one attached hydrogen (secondary N) is 1. The minimum Gasteiger partial charge on any atom is -0.342 e. The van der Waals surface area contributed by atoms with Gasteiger partial charge in [0, 0.05) is 25.0 Å². The fraction of sp³-hybridized carbons (Fsp3) is 0.632. The van der Waals surface area contributed by atoms with Crippen molar-refractivity contribution in [2.45, 2.75) is 57.9 Å². The summed E-state index contributed by atoms with van der Waals surface area (Å²) >= 11 is 0. The summed E-state index contributed by atoms with van der Waals surface area (Å²) in [6.45, 7) is 8.53. The lowest BCUT2D eigenvalue weighted by Crippen LogP contribution is -2.48. The summed E-state index contributed by atoms with van der Waals surface area (Å²) in [5, 5.41) is 3.52. The molecule has 0 saturated heterocycles. The van der Waals surface area contributed by atoms with Crippen LogP contribution in [0, 0.1) is 0 Å². The monoisotopic (exact) mass is 302 g/mol. The molecule has 1 fully saturated rings. The third-order valence-electron chi connectivity index (χ3n) is 5.14. The fourth-order valence-electron chi connectivity index (χ4n) is 3.66. The van der Waals surface area contributed by atoms with Gasteiger partial charge in [-0.15, -0.1) is 0 Å². The first-order chi connectivity index (χ1) is 10.6. The number of carbonyl (C=O) groups is 1. The molecule has 1 saturated carbocycles. The molecule has 0 aliphatic heterocycles. The molecule has 1 aromatic carbocycles. The highest BCUT2D eigenvalue weighted by Gasteiger charge is 2.36. The van der Waals surface area contributed by atoms with E-state index in [2.05, 4.69) is 35.6 Å². The molecule has 2 rings (SSSR count). The topological polar surface area (TPSA) is 32.3 Å². The zero-order valence-corrected chi connectivity index (χ0v) is 14.3. The van der Waals surface area contributed by atoms with E-state index in [9.17, 15) is 4.79 Å². The van der Waals surface area contributed by atoms with Crippen LogP contribution >= 0.6 is 0 Å². The lowest BCUT2D eigenvalue weighted by molar-refractivity contribution is -0.132. The number of rotatable bonds is 7. The van der Waals surface area contributed by atoms with Crippen LogP contribution in [0.4, 0.5) is 0 Å². The molecule has 1 N–H and O–H groups in total.